The van der Waals surface area contributed by atoms with Crippen molar-refractivity contribution >= 4 is 0 Å². The van der Waals surface area contributed by atoms with Gasteiger partial charge in [0.15, 0.2) is 11.5 Å². The van der Waals surface area contributed by atoms with Crippen molar-refractivity contribution < 1.29 is 18.3 Å². The van der Waals surface area contributed by atoms with Crippen molar-refractivity contribution in [1.82, 2.24) is 5.32 Å². The van der Waals surface area contributed by atoms with Crippen molar-refractivity contribution in [3.05, 3.63) is 23.8 Å². The van der Waals surface area contributed by atoms with E-state index < -0.39 is 6.29 Å². The molecular weight excluding hydrogens is 216 g/mol. The fourth-order valence-corrected chi connectivity index (χ4v) is 1.56. The molecule has 0 saturated carbocycles. The molecule has 0 atom stereocenters. The minimum atomic E-state index is -3.53. The van der Waals surface area contributed by atoms with E-state index in [1.165, 1.54) is 6.07 Å². The maximum absolute atomic E-state index is 12.7. The minimum absolute atomic E-state index is 0.0946. The second kappa shape index (κ2) is 4.25. The van der Waals surface area contributed by atoms with Crippen molar-refractivity contribution in [2.75, 3.05) is 13.1 Å². The van der Waals surface area contributed by atoms with Crippen LogP contribution in [0, 0.1) is 0 Å². The van der Waals surface area contributed by atoms with Gasteiger partial charge in [0.2, 0.25) is 0 Å². The summed E-state index contributed by atoms with van der Waals surface area (Å²) in [4.78, 5) is 0. The molecule has 1 heterocycles. The minimum Gasteiger partial charge on any atom is -0.395 e. The average Bonchev–Trinajstić information content (AvgIpc) is 2.51. The molecule has 5 heteroatoms. The maximum Gasteiger partial charge on any atom is 0.586 e. The molecule has 0 aromatic heterocycles. The molecule has 1 N–H and O–H groups in total. The van der Waals surface area contributed by atoms with Gasteiger partial charge in [-0.1, -0.05) is 13.0 Å². The number of ether oxygens (including phenoxy) is 2. The van der Waals surface area contributed by atoms with Crippen LogP contribution in [0.3, 0.4) is 0 Å². The molecule has 2 rings (SSSR count). The molecule has 3 nitrogen and oxygen atoms in total. The number of hydrogen-bond donors (Lipinski definition) is 1. The highest BCUT2D eigenvalue weighted by atomic mass is 19.3. The normalized spacial score (nSPS) is 16.4. The van der Waals surface area contributed by atoms with Crippen LogP contribution in [0.5, 0.6) is 11.5 Å². The molecule has 1 aliphatic heterocycles. The number of alkyl halides is 2. The summed E-state index contributed by atoms with van der Waals surface area (Å²) in [5, 5.41) is 3.16. The van der Waals surface area contributed by atoms with Gasteiger partial charge in [-0.15, -0.1) is 8.78 Å². The quantitative estimate of drug-likeness (QED) is 0.802. The van der Waals surface area contributed by atoms with Gasteiger partial charge >= 0.3 is 6.29 Å². The number of fused-ring (bicyclic) bond motifs is 1. The fraction of sp³-hybridized carbons (Fsp3) is 0.455. The molecule has 88 valence electrons. The Kier molecular flexibility index (Phi) is 2.96. The number of nitrogens with one attached hydrogen (secondary N) is 1. The summed E-state index contributed by atoms with van der Waals surface area (Å²) in [5.41, 5.74) is 0.945. The van der Waals surface area contributed by atoms with Gasteiger partial charge in [0.1, 0.15) is 0 Å². The van der Waals surface area contributed by atoms with Crippen molar-refractivity contribution in [2.45, 2.75) is 19.6 Å². The van der Waals surface area contributed by atoms with Gasteiger partial charge in [0.25, 0.3) is 0 Å². The van der Waals surface area contributed by atoms with E-state index in [1.807, 2.05) is 6.92 Å². The number of rotatable bonds is 4. The SMILES string of the molecule is CCNCCc1ccc2c(c1)OC(F)(F)O2. The lowest BCUT2D eigenvalue weighted by molar-refractivity contribution is -0.286. The van der Waals surface area contributed by atoms with E-state index in [9.17, 15) is 8.78 Å². The Morgan fingerprint density at radius 1 is 1.25 bits per heavy atom. The van der Waals surface area contributed by atoms with E-state index in [0.717, 1.165) is 25.1 Å². The lowest BCUT2D eigenvalue weighted by Gasteiger charge is -2.04. The van der Waals surface area contributed by atoms with Crippen LogP contribution >= 0.6 is 0 Å². The zero-order valence-corrected chi connectivity index (χ0v) is 8.93. The van der Waals surface area contributed by atoms with Crippen molar-refractivity contribution in [3.63, 3.8) is 0 Å². The second-order valence-corrected chi connectivity index (χ2v) is 3.55. The third kappa shape index (κ3) is 2.41. The Hall–Kier alpha value is -1.36. The number of hydrogen-bond acceptors (Lipinski definition) is 3. The van der Waals surface area contributed by atoms with E-state index in [0.29, 0.717) is 0 Å². The predicted octanol–water partition coefficient (Wildman–Crippen LogP) is 2.16. The highest BCUT2D eigenvalue weighted by molar-refractivity contribution is 5.45. The Labute approximate surface area is 92.4 Å². The molecule has 1 aromatic carbocycles. The second-order valence-electron chi connectivity index (χ2n) is 3.55. The Bertz CT molecular complexity index is 382. The molecule has 0 unspecified atom stereocenters. The summed E-state index contributed by atoms with van der Waals surface area (Å²) in [6, 6.07) is 4.87. The van der Waals surface area contributed by atoms with E-state index >= 15 is 0 Å². The van der Waals surface area contributed by atoms with E-state index in [4.69, 9.17) is 0 Å². The molecule has 0 radical (unpaired) electrons. The van der Waals surface area contributed by atoms with Gasteiger partial charge in [-0.05, 0) is 37.2 Å². The fourth-order valence-electron chi connectivity index (χ4n) is 1.56. The van der Waals surface area contributed by atoms with Crippen LogP contribution in [-0.2, 0) is 6.42 Å². The first-order valence-corrected chi connectivity index (χ1v) is 5.20. The zero-order valence-electron chi connectivity index (χ0n) is 8.93. The molecule has 1 aromatic rings. The van der Waals surface area contributed by atoms with Crippen LogP contribution in [0.2, 0.25) is 0 Å². The third-order valence-corrected chi connectivity index (χ3v) is 2.31. The van der Waals surface area contributed by atoms with E-state index in [-0.39, 0.29) is 11.5 Å². The number of benzene rings is 1. The van der Waals surface area contributed by atoms with Crippen LogP contribution < -0.4 is 14.8 Å². The molecule has 0 aliphatic carbocycles. The summed E-state index contributed by atoms with van der Waals surface area (Å²) in [6.07, 6.45) is -2.75. The first-order valence-electron chi connectivity index (χ1n) is 5.20. The monoisotopic (exact) mass is 229 g/mol. The van der Waals surface area contributed by atoms with Crippen LogP contribution in [-0.4, -0.2) is 19.4 Å². The van der Waals surface area contributed by atoms with Crippen LogP contribution in [0.15, 0.2) is 18.2 Å². The molecule has 1 aliphatic rings. The van der Waals surface area contributed by atoms with E-state index in [1.54, 1.807) is 12.1 Å². The predicted molar refractivity (Wildman–Crippen MR) is 54.9 cm³/mol. The van der Waals surface area contributed by atoms with Gasteiger partial charge in [0, 0.05) is 0 Å². The molecule has 0 spiro atoms. The Balaban J connectivity index is 2.04. The maximum atomic E-state index is 12.7. The van der Waals surface area contributed by atoms with Gasteiger partial charge in [-0.25, -0.2) is 0 Å². The average molecular weight is 229 g/mol. The van der Waals surface area contributed by atoms with Gasteiger partial charge < -0.3 is 14.8 Å². The summed E-state index contributed by atoms with van der Waals surface area (Å²) in [5.74, 6) is 0.205. The zero-order chi connectivity index (χ0) is 11.6. The van der Waals surface area contributed by atoms with Crippen LogP contribution in [0.1, 0.15) is 12.5 Å². The molecule has 16 heavy (non-hydrogen) atoms. The summed E-state index contributed by atoms with van der Waals surface area (Å²) in [7, 11) is 0. The first-order chi connectivity index (χ1) is 7.61. The summed E-state index contributed by atoms with van der Waals surface area (Å²) >= 11 is 0. The Morgan fingerprint density at radius 2 is 2.00 bits per heavy atom. The molecule has 0 bridgehead atoms. The summed E-state index contributed by atoms with van der Waals surface area (Å²) in [6.45, 7) is 3.72. The van der Waals surface area contributed by atoms with Crippen LogP contribution in [0.4, 0.5) is 8.78 Å². The smallest absolute Gasteiger partial charge is 0.395 e. The molecule has 0 saturated heterocycles. The lowest BCUT2D eigenvalue weighted by atomic mass is 10.1. The largest absolute Gasteiger partial charge is 0.586 e. The van der Waals surface area contributed by atoms with Crippen molar-refractivity contribution in [3.8, 4) is 11.5 Å². The Morgan fingerprint density at radius 3 is 2.75 bits per heavy atom. The standard InChI is InChI=1S/C11H13F2NO2/c1-2-14-6-5-8-3-4-9-10(7-8)16-11(12,13)15-9/h3-4,7,14H,2,5-6H2,1H3. The lowest BCUT2D eigenvalue weighted by Crippen LogP contribution is -2.25. The molecule has 0 amide bonds. The van der Waals surface area contributed by atoms with Gasteiger partial charge in [-0.2, -0.15) is 0 Å². The molecular formula is C11H13F2NO2. The first kappa shape index (κ1) is 11.1. The van der Waals surface area contributed by atoms with E-state index in [2.05, 4.69) is 14.8 Å². The highest BCUT2D eigenvalue weighted by Crippen LogP contribution is 2.41. The van der Waals surface area contributed by atoms with Crippen molar-refractivity contribution in [1.29, 1.82) is 0 Å². The van der Waals surface area contributed by atoms with Crippen molar-refractivity contribution in [2.24, 2.45) is 0 Å². The highest BCUT2D eigenvalue weighted by Gasteiger charge is 2.43. The third-order valence-electron chi connectivity index (χ3n) is 2.31. The number of likely N-dealkylation sites (N-methyl/N-ethyl adjacent to an activating group) is 1. The van der Waals surface area contributed by atoms with Gasteiger partial charge in [0.05, 0.1) is 0 Å². The summed E-state index contributed by atoms with van der Waals surface area (Å²) < 4.78 is 34.1. The number of halogens is 2. The van der Waals surface area contributed by atoms with Crippen LogP contribution in [0.25, 0.3) is 0 Å². The molecule has 0 fully saturated rings. The van der Waals surface area contributed by atoms with Gasteiger partial charge in [-0.3, -0.25) is 0 Å². The topological polar surface area (TPSA) is 30.5 Å².